The van der Waals surface area contributed by atoms with E-state index >= 15 is 0 Å². The topological polar surface area (TPSA) is 108 Å². The summed E-state index contributed by atoms with van der Waals surface area (Å²) < 4.78 is 50.4. The van der Waals surface area contributed by atoms with E-state index in [0.29, 0.717) is 16.6 Å². The molecule has 0 unspecified atom stereocenters. The van der Waals surface area contributed by atoms with Crippen molar-refractivity contribution in [3.05, 3.63) is 30.6 Å². The van der Waals surface area contributed by atoms with Crippen LogP contribution in [-0.2, 0) is 4.79 Å². The summed E-state index contributed by atoms with van der Waals surface area (Å²) in [5.41, 5.74) is -0.553. The van der Waals surface area contributed by atoms with Gasteiger partial charge in [0.15, 0.2) is 5.82 Å². The van der Waals surface area contributed by atoms with Crippen LogP contribution in [0, 0.1) is 5.82 Å². The molecule has 0 aliphatic heterocycles. The minimum Gasteiger partial charge on any atom is -0.345 e. The van der Waals surface area contributed by atoms with E-state index in [-0.39, 0.29) is 16.1 Å². The second-order valence-electron chi connectivity index (χ2n) is 6.43. The molecule has 0 bridgehead atoms. The van der Waals surface area contributed by atoms with E-state index in [4.69, 9.17) is 0 Å². The molecular weight excluding hydrogens is 382 g/mol. The van der Waals surface area contributed by atoms with Crippen molar-refractivity contribution in [2.24, 2.45) is 0 Å². The minimum atomic E-state index is -4.52. The Kier molecular flexibility index (Phi) is 4.87. The van der Waals surface area contributed by atoms with Gasteiger partial charge in [-0.3, -0.25) is 4.79 Å². The van der Waals surface area contributed by atoms with E-state index in [9.17, 15) is 22.4 Å². The number of anilines is 1. The van der Waals surface area contributed by atoms with Crippen LogP contribution >= 0.6 is 0 Å². The number of H-pyrrole nitrogens is 1. The highest BCUT2D eigenvalue weighted by atomic mass is 19.4. The van der Waals surface area contributed by atoms with Gasteiger partial charge in [0, 0.05) is 21.4 Å². The third-order valence-electron chi connectivity index (χ3n) is 3.75. The van der Waals surface area contributed by atoms with Gasteiger partial charge >= 0.3 is 6.18 Å². The molecule has 0 fully saturated rings. The number of pyridine rings is 1. The molecule has 12 heteroatoms. The number of halogens is 4. The van der Waals surface area contributed by atoms with Crippen LogP contribution in [0.2, 0.25) is 0 Å². The van der Waals surface area contributed by atoms with E-state index in [1.807, 2.05) is 0 Å². The Balaban J connectivity index is 0.00000300. The van der Waals surface area contributed by atoms with Gasteiger partial charge in [-0.25, -0.2) is 19.3 Å². The smallest absolute Gasteiger partial charge is 0.345 e. The van der Waals surface area contributed by atoms with E-state index in [2.05, 4.69) is 30.2 Å². The summed E-state index contributed by atoms with van der Waals surface area (Å²) in [6, 6.07) is 1.26. The average Bonchev–Trinajstić information content (AvgIpc) is 3.01. The lowest BCUT2D eigenvalue weighted by molar-refractivity contribution is -0.140. The molecule has 1 amide bonds. The zero-order valence-electron chi connectivity index (χ0n) is 14.7. The largest absolute Gasteiger partial charge is 0.405 e. The number of aromatic amines is 1. The number of nitrogens with one attached hydrogen (secondary N) is 3. The van der Waals surface area contributed by atoms with Gasteiger partial charge in [0.1, 0.15) is 29.9 Å². The molecule has 0 aliphatic carbocycles. The van der Waals surface area contributed by atoms with Crippen molar-refractivity contribution in [3.8, 4) is 11.4 Å². The highest BCUT2D eigenvalue weighted by Gasteiger charge is 2.33. The maximum absolute atomic E-state index is 13.5. The molecule has 3 heterocycles. The molecular formula is C16H21F4N7O. The van der Waals surface area contributed by atoms with Gasteiger partial charge in [-0.15, -0.1) is 0 Å². The first-order chi connectivity index (χ1) is 13.0. The van der Waals surface area contributed by atoms with Crippen molar-refractivity contribution >= 4 is 22.9 Å². The van der Waals surface area contributed by atoms with Crippen molar-refractivity contribution in [1.29, 1.82) is 0 Å². The second kappa shape index (κ2) is 7.02. The Labute approximate surface area is 160 Å². The van der Waals surface area contributed by atoms with Crippen molar-refractivity contribution in [2.45, 2.75) is 25.6 Å². The van der Waals surface area contributed by atoms with Gasteiger partial charge < -0.3 is 15.6 Å². The molecule has 0 saturated carbocycles. The van der Waals surface area contributed by atoms with Crippen molar-refractivity contribution in [3.63, 3.8) is 0 Å². The van der Waals surface area contributed by atoms with Gasteiger partial charge in [-0.05, 0) is 19.9 Å². The molecule has 3 aromatic heterocycles. The molecule has 154 valence electrons. The van der Waals surface area contributed by atoms with Crippen LogP contribution in [0.15, 0.2) is 24.8 Å². The van der Waals surface area contributed by atoms with Crippen molar-refractivity contribution < 1.29 is 26.6 Å². The molecule has 0 aromatic carbocycles. The fourth-order valence-corrected chi connectivity index (χ4v) is 2.39. The molecule has 28 heavy (non-hydrogen) atoms. The number of hydrogen-bond donors (Lipinski definition) is 3. The number of nitrogens with zero attached hydrogens (tertiary/aromatic N) is 4. The molecule has 8 nitrogen and oxygen atoms in total. The average molecular weight is 403 g/mol. The Morgan fingerprint density at radius 3 is 2.71 bits per heavy atom. The van der Waals surface area contributed by atoms with Crippen molar-refractivity contribution in [2.75, 3.05) is 11.9 Å². The lowest BCUT2D eigenvalue weighted by Gasteiger charge is -2.25. The maximum atomic E-state index is 13.5. The first kappa shape index (κ1) is 19.5. The Morgan fingerprint density at radius 1 is 1.25 bits per heavy atom. The third-order valence-corrected chi connectivity index (χ3v) is 3.75. The van der Waals surface area contributed by atoms with Gasteiger partial charge in [0.25, 0.3) is 0 Å². The summed E-state index contributed by atoms with van der Waals surface area (Å²) in [4.78, 5) is 30.9. The fraction of sp³-hybridized carbons (Fsp3) is 0.312. The van der Waals surface area contributed by atoms with Crippen LogP contribution in [0.5, 0.6) is 0 Å². The molecule has 0 radical (unpaired) electrons. The summed E-state index contributed by atoms with van der Waals surface area (Å²) in [6.07, 6.45) is -0.757. The first-order valence-electron chi connectivity index (χ1n) is 8.00. The Morgan fingerprint density at radius 2 is 2.00 bits per heavy atom. The molecule has 0 atom stereocenters. The van der Waals surface area contributed by atoms with Crippen LogP contribution in [0.25, 0.3) is 22.4 Å². The molecule has 3 rings (SSSR count). The third kappa shape index (κ3) is 4.32. The van der Waals surface area contributed by atoms with Crippen LogP contribution in [0.3, 0.4) is 0 Å². The first-order valence-corrected chi connectivity index (χ1v) is 8.00. The van der Waals surface area contributed by atoms with Crippen LogP contribution in [-0.4, -0.2) is 49.1 Å². The van der Waals surface area contributed by atoms with E-state index in [1.54, 1.807) is 5.32 Å². The molecule has 0 spiro atoms. The molecule has 3 N–H and O–H groups in total. The number of rotatable bonds is 5. The Bertz CT molecular complexity index is 1030. The highest BCUT2D eigenvalue weighted by molar-refractivity contribution is 5.91. The standard InChI is InChI=1S/C16H15F4N7O.3H2/c1-15(2,13(28)23-6-16(18,19)20)27-14-25-7-24-12(26-14)10-5-22-11-9(10)3-8(17)4-21-11;;;/h3-5,7H,6H2,1-2H3,(H,21,22)(H,23,28)(H,24,25,26,27);3*1H. The number of alkyl halides is 3. The Hall–Kier alpha value is -3.31. The zero-order valence-corrected chi connectivity index (χ0v) is 14.7. The number of carbonyl (C=O) groups is 1. The highest BCUT2D eigenvalue weighted by Crippen LogP contribution is 2.26. The molecule has 0 aliphatic rings. The quantitative estimate of drug-likeness (QED) is 0.565. The van der Waals surface area contributed by atoms with Gasteiger partial charge in [0.05, 0.1) is 6.20 Å². The van der Waals surface area contributed by atoms with Gasteiger partial charge in [0.2, 0.25) is 11.9 Å². The van der Waals surface area contributed by atoms with Gasteiger partial charge in [-0.1, -0.05) is 0 Å². The predicted molar refractivity (Wildman–Crippen MR) is 98.0 cm³/mol. The minimum absolute atomic E-state index is 0. The lowest BCUT2D eigenvalue weighted by Crippen LogP contribution is -2.50. The summed E-state index contributed by atoms with van der Waals surface area (Å²) >= 11 is 0. The molecule has 3 aromatic rings. The lowest BCUT2D eigenvalue weighted by atomic mass is 10.1. The van der Waals surface area contributed by atoms with E-state index in [0.717, 1.165) is 6.20 Å². The number of carbonyl (C=O) groups excluding carboxylic acids is 1. The monoisotopic (exact) mass is 403 g/mol. The number of aromatic nitrogens is 5. The maximum Gasteiger partial charge on any atom is 0.405 e. The van der Waals surface area contributed by atoms with Crippen LogP contribution in [0.1, 0.15) is 18.1 Å². The van der Waals surface area contributed by atoms with E-state index < -0.39 is 30.0 Å². The summed E-state index contributed by atoms with van der Waals surface area (Å²) in [5, 5.41) is 4.92. The van der Waals surface area contributed by atoms with Crippen LogP contribution in [0.4, 0.5) is 23.5 Å². The van der Waals surface area contributed by atoms with Crippen molar-refractivity contribution in [1.82, 2.24) is 30.2 Å². The normalized spacial score (nSPS) is 12.2. The predicted octanol–water partition coefficient (Wildman–Crippen LogP) is 3.16. The summed E-state index contributed by atoms with van der Waals surface area (Å²) in [6.45, 7) is 1.31. The zero-order chi connectivity index (χ0) is 20.5. The second-order valence-corrected chi connectivity index (χ2v) is 6.43. The van der Waals surface area contributed by atoms with Gasteiger partial charge in [-0.2, -0.15) is 18.2 Å². The van der Waals surface area contributed by atoms with Crippen LogP contribution < -0.4 is 10.6 Å². The fourth-order valence-electron chi connectivity index (χ4n) is 2.39. The SMILES string of the molecule is CC(C)(Nc1ncnc(-c2c[nH]c3ncc(F)cc23)n1)C(=O)NCC(F)(F)F.[HH].[HH].[HH]. The number of hydrogen-bond acceptors (Lipinski definition) is 6. The summed E-state index contributed by atoms with van der Waals surface area (Å²) in [7, 11) is 0. The molecule has 0 saturated heterocycles. The summed E-state index contributed by atoms with van der Waals surface area (Å²) in [5.74, 6) is -1.29. The number of fused-ring (bicyclic) bond motifs is 1. The van der Waals surface area contributed by atoms with E-state index in [1.165, 1.54) is 32.4 Å². The number of amides is 1.